The van der Waals surface area contributed by atoms with E-state index in [1.807, 2.05) is 0 Å². The van der Waals surface area contributed by atoms with Gasteiger partial charge in [0.2, 0.25) is 0 Å². The quantitative estimate of drug-likeness (QED) is 0.746. The summed E-state index contributed by atoms with van der Waals surface area (Å²) < 4.78 is 7.65. The molecule has 4 heteroatoms. The highest BCUT2D eigenvalue weighted by Gasteiger charge is 2.17. The maximum Gasteiger partial charge on any atom is 0.0594 e. The second-order valence-corrected chi connectivity index (χ2v) is 5.53. The zero-order valence-corrected chi connectivity index (χ0v) is 12.3. The molecule has 0 aliphatic carbocycles. The van der Waals surface area contributed by atoms with Crippen LogP contribution in [-0.2, 0) is 11.3 Å². The van der Waals surface area contributed by atoms with Crippen molar-refractivity contribution in [1.82, 2.24) is 14.4 Å². The van der Waals surface area contributed by atoms with Crippen molar-refractivity contribution >= 4 is 0 Å². The van der Waals surface area contributed by atoms with Gasteiger partial charge in [-0.3, -0.25) is 4.90 Å². The first kappa shape index (κ1) is 14.6. The molecule has 0 radical (unpaired) electrons. The number of rotatable bonds is 7. The van der Waals surface area contributed by atoms with Crippen LogP contribution >= 0.6 is 0 Å². The van der Waals surface area contributed by atoms with Crippen LogP contribution in [0, 0.1) is 0 Å². The minimum absolute atomic E-state index is 0.625. The summed E-state index contributed by atoms with van der Waals surface area (Å²) in [7, 11) is 2.23. The topological polar surface area (TPSA) is 20.6 Å². The Labute approximate surface area is 116 Å². The third-order valence-corrected chi connectivity index (χ3v) is 3.87. The number of likely N-dealkylation sites (N-methyl/N-ethyl adjacent to an activating group) is 1. The lowest BCUT2D eigenvalue weighted by atomic mass is 10.2. The van der Waals surface area contributed by atoms with E-state index in [-0.39, 0.29) is 0 Å². The van der Waals surface area contributed by atoms with Crippen LogP contribution in [0.2, 0.25) is 0 Å². The molecule has 1 fully saturated rings. The van der Waals surface area contributed by atoms with Crippen molar-refractivity contribution in [2.45, 2.75) is 25.9 Å². The number of hydrogen-bond donors (Lipinski definition) is 0. The Hall–Kier alpha value is -0.840. The van der Waals surface area contributed by atoms with Crippen LogP contribution in [0.25, 0.3) is 0 Å². The average Bonchev–Trinajstić information content (AvgIpc) is 2.93. The molecular weight excluding hydrogens is 238 g/mol. The van der Waals surface area contributed by atoms with Gasteiger partial charge in [-0.2, -0.15) is 0 Å². The summed E-state index contributed by atoms with van der Waals surface area (Å²) in [6, 6.07) is 4.80. The van der Waals surface area contributed by atoms with Crippen LogP contribution in [0.3, 0.4) is 0 Å². The average molecular weight is 265 g/mol. The van der Waals surface area contributed by atoms with E-state index in [1.165, 1.54) is 6.42 Å². The fourth-order valence-electron chi connectivity index (χ4n) is 2.72. The summed E-state index contributed by atoms with van der Waals surface area (Å²) >= 11 is 0. The van der Waals surface area contributed by atoms with E-state index in [0.29, 0.717) is 6.04 Å². The summed E-state index contributed by atoms with van der Waals surface area (Å²) in [5, 5.41) is 0. The zero-order valence-electron chi connectivity index (χ0n) is 12.3. The molecule has 1 aromatic heterocycles. The molecule has 1 aliphatic heterocycles. The zero-order chi connectivity index (χ0) is 13.5. The fraction of sp³-hybridized carbons (Fsp3) is 0.733. The minimum Gasteiger partial charge on any atom is -0.379 e. The van der Waals surface area contributed by atoms with E-state index in [1.54, 1.807) is 0 Å². The SMILES string of the molecule is CC(CN(C)CCCn1cccc1)N1CCOCC1. The number of hydrogen-bond acceptors (Lipinski definition) is 3. The summed E-state index contributed by atoms with van der Waals surface area (Å²) in [4.78, 5) is 4.98. The lowest BCUT2D eigenvalue weighted by Gasteiger charge is -2.34. The molecule has 1 unspecified atom stereocenters. The maximum atomic E-state index is 5.40. The Bertz CT molecular complexity index is 333. The number of aromatic nitrogens is 1. The molecule has 1 saturated heterocycles. The predicted octanol–water partition coefficient (Wildman–Crippen LogP) is 1.53. The smallest absolute Gasteiger partial charge is 0.0594 e. The molecule has 0 amide bonds. The first-order valence-electron chi connectivity index (χ1n) is 7.37. The van der Waals surface area contributed by atoms with Gasteiger partial charge < -0.3 is 14.2 Å². The van der Waals surface area contributed by atoms with Crippen LogP contribution < -0.4 is 0 Å². The molecule has 0 spiro atoms. The molecule has 2 rings (SSSR count). The molecule has 2 heterocycles. The summed E-state index contributed by atoms with van der Waals surface area (Å²) in [5.41, 5.74) is 0. The fourth-order valence-corrected chi connectivity index (χ4v) is 2.72. The number of aryl methyl sites for hydroxylation is 1. The van der Waals surface area contributed by atoms with Gasteiger partial charge in [-0.1, -0.05) is 0 Å². The molecule has 19 heavy (non-hydrogen) atoms. The first-order chi connectivity index (χ1) is 9.25. The highest BCUT2D eigenvalue weighted by molar-refractivity contribution is 4.90. The minimum atomic E-state index is 0.625. The second-order valence-electron chi connectivity index (χ2n) is 5.53. The molecular formula is C15H27N3O. The summed E-state index contributed by atoms with van der Waals surface area (Å²) in [5.74, 6) is 0. The number of ether oxygens (including phenoxy) is 1. The van der Waals surface area contributed by atoms with Crippen molar-refractivity contribution in [2.75, 3.05) is 46.4 Å². The standard InChI is InChI=1S/C15H27N3O/c1-15(18-10-12-19-13-11-18)14-16(2)6-5-9-17-7-3-4-8-17/h3-4,7-8,15H,5-6,9-14H2,1-2H3. The largest absolute Gasteiger partial charge is 0.379 e. The molecule has 0 bridgehead atoms. The lowest BCUT2D eigenvalue weighted by molar-refractivity contribution is 0.0140. The number of nitrogens with zero attached hydrogens (tertiary/aromatic N) is 3. The van der Waals surface area contributed by atoms with Crippen molar-refractivity contribution in [2.24, 2.45) is 0 Å². The van der Waals surface area contributed by atoms with Gasteiger partial charge in [-0.05, 0) is 39.1 Å². The Morgan fingerprint density at radius 1 is 1.21 bits per heavy atom. The molecule has 0 N–H and O–H groups in total. The van der Waals surface area contributed by atoms with Crippen molar-refractivity contribution in [1.29, 1.82) is 0 Å². The van der Waals surface area contributed by atoms with Crippen molar-refractivity contribution in [3.05, 3.63) is 24.5 Å². The molecule has 1 aliphatic rings. The van der Waals surface area contributed by atoms with Gasteiger partial charge in [-0.25, -0.2) is 0 Å². The monoisotopic (exact) mass is 265 g/mol. The van der Waals surface area contributed by atoms with E-state index in [4.69, 9.17) is 4.74 Å². The van der Waals surface area contributed by atoms with Crippen molar-refractivity contribution in [3.8, 4) is 0 Å². The maximum absolute atomic E-state index is 5.40. The predicted molar refractivity (Wildman–Crippen MR) is 78.4 cm³/mol. The van der Waals surface area contributed by atoms with E-state index < -0.39 is 0 Å². The van der Waals surface area contributed by atoms with E-state index in [0.717, 1.165) is 45.9 Å². The summed E-state index contributed by atoms with van der Waals surface area (Å²) in [6.45, 7) is 9.69. The molecule has 4 nitrogen and oxygen atoms in total. The third kappa shape index (κ3) is 4.97. The lowest BCUT2D eigenvalue weighted by Crippen LogP contribution is -2.46. The Morgan fingerprint density at radius 2 is 1.89 bits per heavy atom. The highest BCUT2D eigenvalue weighted by Crippen LogP contribution is 2.05. The Balaban J connectivity index is 1.61. The molecule has 1 aromatic rings. The summed E-state index contributed by atoms with van der Waals surface area (Å²) in [6.07, 6.45) is 5.48. The van der Waals surface area contributed by atoms with E-state index in [9.17, 15) is 0 Å². The molecule has 108 valence electrons. The Kier molecular flexibility index (Phi) is 5.89. The molecule has 1 atom stereocenters. The van der Waals surface area contributed by atoms with Crippen LogP contribution in [0.15, 0.2) is 24.5 Å². The van der Waals surface area contributed by atoms with Gasteiger partial charge >= 0.3 is 0 Å². The van der Waals surface area contributed by atoms with Gasteiger partial charge in [0.25, 0.3) is 0 Å². The third-order valence-electron chi connectivity index (χ3n) is 3.87. The highest BCUT2D eigenvalue weighted by atomic mass is 16.5. The molecule has 0 saturated carbocycles. The van der Waals surface area contributed by atoms with Crippen LogP contribution in [0.4, 0.5) is 0 Å². The van der Waals surface area contributed by atoms with Gasteiger partial charge in [0.05, 0.1) is 13.2 Å². The molecule has 0 aromatic carbocycles. The van der Waals surface area contributed by atoms with Gasteiger partial charge in [-0.15, -0.1) is 0 Å². The van der Waals surface area contributed by atoms with Crippen LogP contribution in [0.1, 0.15) is 13.3 Å². The first-order valence-corrected chi connectivity index (χ1v) is 7.37. The van der Waals surface area contributed by atoms with Gasteiger partial charge in [0.15, 0.2) is 0 Å². The Morgan fingerprint density at radius 3 is 2.58 bits per heavy atom. The van der Waals surface area contributed by atoms with Crippen molar-refractivity contribution in [3.63, 3.8) is 0 Å². The van der Waals surface area contributed by atoms with Gasteiger partial charge in [0, 0.05) is 44.6 Å². The van der Waals surface area contributed by atoms with Crippen LogP contribution in [0.5, 0.6) is 0 Å². The van der Waals surface area contributed by atoms with E-state index in [2.05, 4.69) is 52.9 Å². The normalized spacial score (nSPS) is 18.9. The second kappa shape index (κ2) is 7.68. The van der Waals surface area contributed by atoms with E-state index >= 15 is 0 Å². The van der Waals surface area contributed by atoms with Crippen LogP contribution in [-0.4, -0.2) is 66.8 Å². The van der Waals surface area contributed by atoms with Crippen molar-refractivity contribution < 1.29 is 4.74 Å². The number of morpholine rings is 1. The van der Waals surface area contributed by atoms with Gasteiger partial charge in [0.1, 0.15) is 0 Å².